The predicted molar refractivity (Wildman–Crippen MR) is 117 cm³/mol. The van der Waals surface area contributed by atoms with E-state index in [0.717, 1.165) is 0 Å². The van der Waals surface area contributed by atoms with E-state index < -0.39 is 5.82 Å². The van der Waals surface area contributed by atoms with Gasteiger partial charge in [-0.15, -0.1) is 0 Å². The molecule has 0 bridgehead atoms. The van der Waals surface area contributed by atoms with Gasteiger partial charge in [-0.25, -0.2) is 9.37 Å². The average molecular weight is 434 g/mol. The van der Waals surface area contributed by atoms with Gasteiger partial charge in [0.15, 0.2) is 0 Å². The summed E-state index contributed by atoms with van der Waals surface area (Å²) in [6.07, 6.45) is 1.62. The molecule has 1 unspecified atom stereocenters. The Labute approximate surface area is 180 Å². The second-order valence-corrected chi connectivity index (χ2v) is 7.61. The Hall–Kier alpha value is -2.87. The number of nitrogens with zero attached hydrogens (tertiary/aromatic N) is 3. The van der Waals surface area contributed by atoms with Crippen LogP contribution in [0.25, 0.3) is 0 Å². The number of aromatic nitrogens is 1. The molecule has 1 fully saturated rings. The average Bonchev–Trinajstić information content (AvgIpc) is 2.72. The SMILES string of the molecule is COc1cc(N2CCN(C(=O)CNc3ncccc3C(C)=N)C(C)C2)c(F)cc1Cl. The summed E-state index contributed by atoms with van der Waals surface area (Å²) in [7, 11) is 1.49. The molecule has 1 amide bonds. The molecule has 1 saturated heterocycles. The molecule has 2 N–H and O–H groups in total. The minimum atomic E-state index is -0.417. The van der Waals surface area contributed by atoms with Crippen molar-refractivity contribution < 1.29 is 13.9 Å². The summed E-state index contributed by atoms with van der Waals surface area (Å²) >= 11 is 5.99. The number of nitrogens with one attached hydrogen (secondary N) is 2. The third-order valence-corrected chi connectivity index (χ3v) is 5.42. The Balaban J connectivity index is 1.65. The number of ether oxygens (including phenoxy) is 1. The third-order valence-electron chi connectivity index (χ3n) is 5.13. The summed E-state index contributed by atoms with van der Waals surface area (Å²) in [5, 5.41) is 11.1. The molecule has 160 valence electrons. The van der Waals surface area contributed by atoms with E-state index in [9.17, 15) is 9.18 Å². The Morgan fingerprint density at radius 3 is 2.87 bits per heavy atom. The molecule has 1 aromatic carbocycles. The van der Waals surface area contributed by atoms with Crippen molar-refractivity contribution in [3.8, 4) is 5.75 Å². The van der Waals surface area contributed by atoms with Crippen LogP contribution in [0, 0.1) is 11.2 Å². The summed E-state index contributed by atoms with van der Waals surface area (Å²) in [5.41, 5.74) is 1.45. The Kier molecular flexibility index (Phi) is 6.77. The molecule has 1 atom stereocenters. The van der Waals surface area contributed by atoms with Gasteiger partial charge >= 0.3 is 0 Å². The van der Waals surface area contributed by atoms with Crippen molar-refractivity contribution in [3.05, 3.63) is 46.9 Å². The number of rotatable bonds is 6. The van der Waals surface area contributed by atoms with Crippen LogP contribution in [0.4, 0.5) is 15.9 Å². The number of hydrogen-bond donors (Lipinski definition) is 2. The fourth-order valence-electron chi connectivity index (χ4n) is 3.57. The molecule has 1 aromatic heterocycles. The predicted octanol–water partition coefficient (Wildman–Crippen LogP) is 3.42. The van der Waals surface area contributed by atoms with Crippen molar-refractivity contribution in [2.75, 3.05) is 43.5 Å². The van der Waals surface area contributed by atoms with Gasteiger partial charge in [-0.2, -0.15) is 0 Å². The number of anilines is 2. The standard InChI is InChI=1S/C21H25ClFN5O2/c1-13-12-27(18-10-19(30-3)16(22)9-17(18)23)7-8-28(13)20(29)11-26-21-15(14(2)24)5-4-6-25-21/h4-6,9-10,13,24H,7-8,11-12H2,1-3H3,(H,25,26). The second-order valence-electron chi connectivity index (χ2n) is 7.20. The topological polar surface area (TPSA) is 81.6 Å². The molecule has 3 rings (SSSR count). The molecule has 0 radical (unpaired) electrons. The van der Waals surface area contributed by atoms with E-state index in [2.05, 4.69) is 10.3 Å². The van der Waals surface area contributed by atoms with Crippen LogP contribution in [0.2, 0.25) is 5.02 Å². The molecule has 0 spiro atoms. The van der Waals surface area contributed by atoms with E-state index in [1.807, 2.05) is 11.8 Å². The first kappa shape index (κ1) is 21.8. The van der Waals surface area contributed by atoms with Crippen molar-refractivity contribution in [1.29, 1.82) is 5.41 Å². The molecule has 30 heavy (non-hydrogen) atoms. The third kappa shape index (κ3) is 4.64. The first-order valence-corrected chi connectivity index (χ1v) is 10.0. The number of pyridine rings is 1. The molecule has 1 aliphatic heterocycles. The van der Waals surface area contributed by atoms with E-state index in [-0.39, 0.29) is 23.5 Å². The smallest absolute Gasteiger partial charge is 0.242 e. The molecule has 2 heterocycles. The van der Waals surface area contributed by atoms with E-state index in [1.54, 1.807) is 36.2 Å². The number of piperazine rings is 1. The molecular weight excluding hydrogens is 409 g/mol. The van der Waals surface area contributed by atoms with Crippen LogP contribution in [0.5, 0.6) is 5.75 Å². The molecule has 2 aromatic rings. The molecule has 7 nitrogen and oxygen atoms in total. The number of amides is 1. The summed E-state index contributed by atoms with van der Waals surface area (Å²) in [6, 6.07) is 6.27. The zero-order valence-electron chi connectivity index (χ0n) is 17.2. The quantitative estimate of drug-likeness (QED) is 0.682. The normalized spacial score (nSPS) is 16.4. The molecule has 1 aliphatic rings. The first-order valence-electron chi connectivity index (χ1n) is 9.63. The van der Waals surface area contributed by atoms with Crippen molar-refractivity contribution in [2.45, 2.75) is 19.9 Å². The highest BCUT2D eigenvalue weighted by Crippen LogP contribution is 2.33. The minimum absolute atomic E-state index is 0.0736. The van der Waals surface area contributed by atoms with Gasteiger partial charge in [0.2, 0.25) is 5.91 Å². The first-order chi connectivity index (χ1) is 14.3. The van der Waals surface area contributed by atoms with Gasteiger partial charge in [0.25, 0.3) is 0 Å². The van der Waals surface area contributed by atoms with Crippen LogP contribution in [-0.2, 0) is 4.79 Å². The molecular formula is C21H25ClFN5O2. The fourth-order valence-corrected chi connectivity index (χ4v) is 3.80. The summed E-state index contributed by atoms with van der Waals surface area (Å²) in [6.45, 7) is 5.13. The molecule has 0 aliphatic carbocycles. The number of halogens is 2. The van der Waals surface area contributed by atoms with Crippen LogP contribution in [-0.4, -0.2) is 60.8 Å². The summed E-state index contributed by atoms with van der Waals surface area (Å²) in [5.74, 6) is 0.436. The van der Waals surface area contributed by atoms with E-state index >= 15 is 0 Å². The van der Waals surface area contributed by atoms with Crippen LogP contribution in [0.3, 0.4) is 0 Å². The van der Waals surface area contributed by atoms with Gasteiger partial charge in [0, 0.05) is 49.2 Å². The second kappa shape index (κ2) is 9.30. The highest BCUT2D eigenvalue weighted by Gasteiger charge is 2.29. The lowest BCUT2D eigenvalue weighted by Crippen LogP contribution is -2.55. The van der Waals surface area contributed by atoms with Crippen molar-refractivity contribution in [1.82, 2.24) is 9.88 Å². The minimum Gasteiger partial charge on any atom is -0.495 e. The van der Waals surface area contributed by atoms with Crippen molar-refractivity contribution in [3.63, 3.8) is 0 Å². The van der Waals surface area contributed by atoms with Crippen molar-refractivity contribution >= 4 is 34.7 Å². The number of carbonyl (C=O) groups is 1. The van der Waals surface area contributed by atoms with Crippen LogP contribution >= 0.6 is 11.6 Å². The maximum atomic E-state index is 14.4. The van der Waals surface area contributed by atoms with Crippen molar-refractivity contribution in [2.24, 2.45) is 0 Å². The van der Waals surface area contributed by atoms with Crippen LogP contribution in [0.15, 0.2) is 30.5 Å². The van der Waals surface area contributed by atoms with E-state index in [4.69, 9.17) is 21.7 Å². The highest BCUT2D eigenvalue weighted by atomic mass is 35.5. The van der Waals surface area contributed by atoms with Gasteiger partial charge in [-0.1, -0.05) is 11.6 Å². The van der Waals surface area contributed by atoms with Gasteiger partial charge in [-0.3, -0.25) is 4.79 Å². The zero-order valence-corrected chi connectivity index (χ0v) is 18.0. The van der Waals surface area contributed by atoms with Gasteiger partial charge in [0.05, 0.1) is 24.4 Å². The lowest BCUT2D eigenvalue weighted by molar-refractivity contribution is -0.131. The fraction of sp³-hybridized carbons (Fsp3) is 0.381. The number of hydrogen-bond acceptors (Lipinski definition) is 6. The van der Waals surface area contributed by atoms with Crippen LogP contribution < -0.4 is 15.0 Å². The largest absolute Gasteiger partial charge is 0.495 e. The monoisotopic (exact) mass is 433 g/mol. The van der Waals surface area contributed by atoms with E-state index in [1.165, 1.54) is 13.2 Å². The van der Waals surface area contributed by atoms with Crippen LogP contribution in [0.1, 0.15) is 19.4 Å². The highest BCUT2D eigenvalue weighted by molar-refractivity contribution is 6.32. The number of carbonyl (C=O) groups excluding carboxylic acids is 1. The number of benzene rings is 1. The zero-order chi connectivity index (χ0) is 21.8. The lowest BCUT2D eigenvalue weighted by atomic mass is 10.1. The molecule has 0 saturated carbocycles. The number of methoxy groups -OCH3 is 1. The van der Waals surface area contributed by atoms with Gasteiger partial charge < -0.3 is 25.3 Å². The lowest BCUT2D eigenvalue weighted by Gasteiger charge is -2.41. The Morgan fingerprint density at radius 1 is 1.43 bits per heavy atom. The maximum absolute atomic E-state index is 14.4. The summed E-state index contributed by atoms with van der Waals surface area (Å²) < 4.78 is 19.6. The Morgan fingerprint density at radius 2 is 2.20 bits per heavy atom. The Bertz CT molecular complexity index is 955. The van der Waals surface area contributed by atoms with E-state index in [0.29, 0.717) is 48.2 Å². The van der Waals surface area contributed by atoms with Gasteiger partial charge in [-0.05, 0) is 32.0 Å². The molecule has 9 heteroatoms. The van der Waals surface area contributed by atoms with Gasteiger partial charge in [0.1, 0.15) is 17.4 Å². The maximum Gasteiger partial charge on any atom is 0.242 e. The summed E-state index contributed by atoms with van der Waals surface area (Å²) in [4.78, 5) is 20.7.